The molecule has 0 aromatic heterocycles. The van der Waals surface area contributed by atoms with E-state index in [1.54, 1.807) is 4.90 Å². The number of piperidine rings is 1. The maximum absolute atomic E-state index is 12.4. The molecule has 2 heterocycles. The Hall–Kier alpha value is -2.40. The van der Waals surface area contributed by atoms with Gasteiger partial charge in [0.25, 0.3) is 5.91 Å². The van der Waals surface area contributed by atoms with Crippen LogP contribution < -0.4 is 10.6 Å². The van der Waals surface area contributed by atoms with Gasteiger partial charge in [-0.1, -0.05) is 0 Å². The molecule has 2 aliphatic rings. The lowest BCUT2D eigenvalue weighted by Gasteiger charge is -2.34. The summed E-state index contributed by atoms with van der Waals surface area (Å²) >= 11 is 0. The summed E-state index contributed by atoms with van der Waals surface area (Å²) in [6.07, 6.45) is 2.72. The molecule has 3 amide bonds. The predicted octanol–water partition coefficient (Wildman–Crippen LogP) is -0.800. The van der Waals surface area contributed by atoms with Crippen molar-refractivity contribution >= 4 is 17.7 Å². The number of piperazine rings is 1. The molecule has 2 aliphatic heterocycles. The largest absolute Gasteiger partial charge is 0.339 e. The van der Waals surface area contributed by atoms with Gasteiger partial charge in [0.15, 0.2) is 0 Å². The summed E-state index contributed by atoms with van der Waals surface area (Å²) in [6, 6.07) is 1.85. The molecule has 8 heteroatoms. The fourth-order valence-corrected chi connectivity index (χ4v) is 2.88. The van der Waals surface area contributed by atoms with Gasteiger partial charge in [0, 0.05) is 45.2 Å². The van der Waals surface area contributed by atoms with Crippen molar-refractivity contribution in [1.82, 2.24) is 20.4 Å². The van der Waals surface area contributed by atoms with Crippen LogP contribution in [0.3, 0.4) is 0 Å². The Kier molecular flexibility index (Phi) is 6.32. The van der Waals surface area contributed by atoms with Crippen molar-refractivity contribution in [1.29, 1.82) is 5.26 Å². The van der Waals surface area contributed by atoms with Crippen molar-refractivity contribution < 1.29 is 14.4 Å². The van der Waals surface area contributed by atoms with E-state index in [1.807, 2.05) is 6.07 Å². The average Bonchev–Trinajstić information content (AvgIpc) is 2.62. The Labute approximate surface area is 141 Å². The smallest absolute Gasteiger partial charge is 0.266 e. The van der Waals surface area contributed by atoms with Gasteiger partial charge in [0.1, 0.15) is 11.6 Å². The molecule has 2 fully saturated rings. The summed E-state index contributed by atoms with van der Waals surface area (Å²) in [5.74, 6) is -0.672. The highest BCUT2D eigenvalue weighted by Crippen LogP contribution is 2.12. The third-order valence-corrected chi connectivity index (χ3v) is 4.43. The molecule has 0 aliphatic carbocycles. The highest BCUT2D eigenvalue weighted by atomic mass is 16.2. The molecular weight excluding hydrogens is 310 g/mol. The summed E-state index contributed by atoms with van der Waals surface area (Å²) in [5.41, 5.74) is -0.0893. The Morgan fingerprint density at radius 2 is 1.71 bits per heavy atom. The maximum atomic E-state index is 12.4. The number of hydrogen-bond acceptors (Lipinski definition) is 5. The summed E-state index contributed by atoms with van der Waals surface area (Å²) in [7, 11) is 0. The lowest BCUT2D eigenvalue weighted by Crippen LogP contribution is -2.50. The maximum Gasteiger partial charge on any atom is 0.266 e. The Morgan fingerprint density at radius 1 is 1.12 bits per heavy atom. The average molecular weight is 333 g/mol. The molecule has 2 rings (SSSR count). The molecule has 0 radical (unpaired) electrons. The highest BCUT2D eigenvalue weighted by Gasteiger charge is 2.25. The second-order valence-corrected chi connectivity index (χ2v) is 6.00. The van der Waals surface area contributed by atoms with Crippen molar-refractivity contribution in [2.75, 3.05) is 39.3 Å². The zero-order valence-electron chi connectivity index (χ0n) is 13.9. The minimum atomic E-state index is -0.411. The number of nitrogens with one attached hydrogen (secondary N) is 2. The van der Waals surface area contributed by atoms with E-state index in [0.29, 0.717) is 26.2 Å². The molecule has 130 valence electrons. The van der Waals surface area contributed by atoms with E-state index >= 15 is 0 Å². The van der Waals surface area contributed by atoms with Gasteiger partial charge in [-0.05, 0) is 25.9 Å². The van der Waals surface area contributed by atoms with Crippen LogP contribution in [0, 0.1) is 17.2 Å². The van der Waals surface area contributed by atoms with Crippen LogP contribution in [0.5, 0.6) is 0 Å². The van der Waals surface area contributed by atoms with E-state index in [0.717, 1.165) is 25.9 Å². The van der Waals surface area contributed by atoms with Crippen LogP contribution in [-0.2, 0) is 14.4 Å². The zero-order valence-corrected chi connectivity index (χ0v) is 13.9. The van der Waals surface area contributed by atoms with Crippen molar-refractivity contribution in [3.63, 3.8) is 0 Å². The van der Waals surface area contributed by atoms with Gasteiger partial charge in [0.05, 0.1) is 0 Å². The first-order valence-corrected chi connectivity index (χ1v) is 8.19. The number of amides is 3. The van der Waals surface area contributed by atoms with Crippen LogP contribution in [0.25, 0.3) is 0 Å². The Morgan fingerprint density at radius 3 is 2.25 bits per heavy atom. The third kappa shape index (κ3) is 4.55. The topological polar surface area (TPSA) is 106 Å². The lowest BCUT2D eigenvalue weighted by molar-refractivity contribution is -0.136. The molecule has 8 nitrogen and oxygen atoms in total. The first-order valence-electron chi connectivity index (χ1n) is 8.19. The number of rotatable bonds is 3. The third-order valence-electron chi connectivity index (χ3n) is 4.43. The summed E-state index contributed by atoms with van der Waals surface area (Å²) in [5, 5.41) is 15.0. The molecule has 2 saturated heterocycles. The molecule has 0 saturated carbocycles. The highest BCUT2D eigenvalue weighted by molar-refractivity contribution is 5.98. The fraction of sp³-hybridized carbons (Fsp3) is 0.625. The second-order valence-electron chi connectivity index (χ2n) is 6.00. The van der Waals surface area contributed by atoms with Crippen LogP contribution in [0.2, 0.25) is 0 Å². The summed E-state index contributed by atoms with van der Waals surface area (Å²) in [6.45, 7) is 4.79. The molecule has 0 aromatic rings. The molecule has 2 N–H and O–H groups in total. The SMILES string of the molecule is CC(=O)N1CCN(C(=O)/C(C#N)=C\NC(=O)C2CCNCC2)CC1. The van der Waals surface area contributed by atoms with Crippen molar-refractivity contribution in [3.05, 3.63) is 11.8 Å². The Balaban J connectivity index is 1.90. The molecular formula is C16H23N5O3. The van der Waals surface area contributed by atoms with Crippen molar-refractivity contribution in [2.24, 2.45) is 5.92 Å². The van der Waals surface area contributed by atoms with Crippen LogP contribution in [-0.4, -0.2) is 66.8 Å². The number of hydrogen-bond donors (Lipinski definition) is 2. The van der Waals surface area contributed by atoms with E-state index < -0.39 is 5.91 Å². The van der Waals surface area contributed by atoms with Gasteiger partial charge < -0.3 is 20.4 Å². The quantitative estimate of drug-likeness (QED) is 0.520. The summed E-state index contributed by atoms with van der Waals surface area (Å²) < 4.78 is 0. The minimum Gasteiger partial charge on any atom is -0.339 e. The van der Waals surface area contributed by atoms with Crippen molar-refractivity contribution in [2.45, 2.75) is 19.8 Å². The molecule has 0 atom stereocenters. The van der Waals surface area contributed by atoms with Crippen molar-refractivity contribution in [3.8, 4) is 6.07 Å². The second kappa shape index (κ2) is 8.45. The van der Waals surface area contributed by atoms with E-state index in [9.17, 15) is 19.6 Å². The Bertz CT molecular complexity index is 567. The number of nitriles is 1. The standard InChI is InChI=1S/C16H23N5O3/c1-12(22)20-6-8-21(9-7-20)16(24)14(10-17)11-19-15(23)13-2-4-18-5-3-13/h11,13,18H,2-9H2,1H3,(H,19,23)/b14-11-. The fourth-order valence-electron chi connectivity index (χ4n) is 2.88. The van der Waals surface area contributed by atoms with E-state index in [2.05, 4.69) is 10.6 Å². The number of carbonyl (C=O) groups is 3. The van der Waals surface area contributed by atoms with Crippen LogP contribution in [0.4, 0.5) is 0 Å². The van der Waals surface area contributed by atoms with E-state index in [1.165, 1.54) is 18.0 Å². The van der Waals surface area contributed by atoms with Gasteiger partial charge in [-0.3, -0.25) is 14.4 Å². The lowest BCUT2D eigenvalue weighted by atomic mass is 9.97. The minimum absolute atomic E-state index is 0.0209. The van der Waals surface area contributed by atoms with Gasteiger partial charge in [0.2, 0.25) is 11.8 Å². The van der Waals surface area contributed by atoms with Crippen LogP contribution in [0.15, 0.2) is 11.8 Å². The van der Waals surface area contributed by atoms with Crippen LogP contribution >= 0.6 is 0 Å². The molecule has 24 heavy (non-hydrogen) atoms. The first-order chi connectivity index (χ1) is 11.5. The molecule has 0 spiro atoms. The van der Waals surface area contributed by atoms with E-state index in [4.69, 9.17) is 0 Å². The number of carbonyl (C=O) groups excluding carboxylic acids is 3. The zero-order chi connectivity index (χ0) is 17.5. The molecule has 0 aromatic carbocycles. The normalized spacial score (nSPS) is 19.6. The van der Waals surface area contributed by atoms with Gasteiger partial charge in [-0.25, -0.2) is 0 Å². The first kappa shape index (κ1) is 17.9. The monoisotopic (exact) mass is 333 g/mol. The van der Waals surface area contributed by atoms with Gasteiger partial charge in [-0.2, -0.15) is 5.26 Å². The van der Waals surface area contributed by atoms with Gasteiger partial charge >= 0.3 is 0 Å². The van der Waals surface area contributed by atoms with Gasteiger partial charge in [-0.15, -0.1) is 0 Å². The van der Waals surface area contributed by atoms with E-state index in [-0.39, 0.29) is 23.3 Å². The molecule has 0 bridgehead atoms. The molecule has 0 unspecified atom stereocenters. The number of nitrogens with zero attached hydrogens (tertiary/aromatic N) is 3. The van der Waals surface area contributed by atoms with Crippen LogP contribution in [0.1, 0.15) is 19.8 Å². The predicted molar refractivity (Wildman–Crippen MR) is 86.3 cm³/mol. The summed E-state index contributed by atoms with van der Waals surface area (Å²) in [4.78, 5) is 38.9.